The van der Waals surface area contributed by atoms with Crippen molar-refractivity contribution in [2.75, 3.05) is 20.1 Å². The molecule has 1 rings (SSSR count). The SMILES string of the molecule is CN(CCCN)S(=O)(=O)c1cccc(F)c1. The second-order valence-corrected chi connectivity index (χ2v) is 5.47. The molecule has 6 heteroatoms. The van der Waals surface area contributed by atoms with Crippen molar-refractivity contribution < 1.29 is 12.8 Å². The van der Waals surface area contributed by atoms with Gasteiger partial charge in [-0.2, -0.15) is 0 Å². The first-order valence-electron chi connectivity index (χ1n) is 4.90. The molecule has 0 heterocycles. The number of nitrogens with two attached hydrogens (primary N) is 1. The van der Waals surface area contributed by atoms with Crippen molar-refractivity contribution >= 4 is 10.0 Å². The molecule has 0 unspecified atom stereocenters. The topological polar surface area (TPSA) is 63.4 Å². The van der Waals surface area contributed by atoms with E-state index in [2.05, 4.69) is 0 Å². The van der Waals surface area contributed by atoms with Gasteiger partial charge in [-0.25, -0.2) is 17.1 Å². The quantitative estimate of drug-likeness (QED) is 0.835. The fourth-order valence-corrected chi connectivity index (χ4v) is 2.48. The van der Waals surface area contributed by atoms with Crippen molar-refractivity contribution in [2.45, 2.75) is 11.3 Å². The van der Waals surface area contributed by atoms with Crippen LogP contribution in [0.1, 0.15) is 6.42 Å². The summed E-state index contributed by atoms with van der Waals surface area (Å²) in [5, 5.41) is 0. The van der Waals surface area contributed by atoms with E-state index < -0.39 is 15.8 Å². The lowest BCUT2D eigenvalue weighted by atomic mass is 10.4. The standard InChI is InChI=1S/C10H15FN2O2S/c1-13(7-3-6-12)16(14,15)10-5-2-4-9(11)8-10/h2,4-5,8H,3,6-7,12H2,1H3. The largest absolute Gasteiger partial charge is 0.330 e. The first-order valence-corrected chi connectivity index (χ1v) is 6.34. The summed E-state index contributed by atoms with van der Waals surface area (Å²) in [5.41, 5.74) is 5.30. The normalized spacial score (nSPS) is 12.0. The Hall–Kier alpha value is -0.980. The molecular weight excluding hydrogens is 231 g/mol. The van der Waals surface area contributed by atoms with Crippen molar-refractivity contribution in [2.24, 2.45) is 5.73 Å². The zero-order chi connectivity index (χ0) is 12.2. The maximum absolute atomic E-state index is 12.9. The van der Waals surface area contributed by atoms with E-state index in [1.807, 2.05) is 0 Å². The molecule has 0 aromatic heterocycles. The molecule has 90 valence electrons. The van der Waals surface area contributed by atoms with Gasteiger partial charge in [-0.1, -0.05) is 6.07 Å². The summed E-state index contributed by atoms with van der Waals surface area (Å²) in [7, 11) is -2.14. The summed E-state index contributed by atoms with van der Waals surface area (Å²) < 4.78 is 37.9. The van der Waals surface area contributed by atoms with E-state index >= 15 is 0 Å². The number of sulfonamides is 1. The Morgan fingerprint density at radius 1 is 1.44 bits per heavy atom. The Kier molecular flexibility index (Phi) is 4.40. The number of hydrogen-bond acceptors (Lipinski definition) is 3. The van der Waals surface area contributed by atoms with Crippen molar-refractivity contribution in [3.63, 3.8) is 0 Å². The van der Waals surface area contributed by atoms with Gasteiger partial charge in [-0.3, -0.25) is 0 Å². The maximum atomic E-state index is 12.9. The molecule has 0 fully saturated rings. The van der Waals surface area contributed by atoms with Gasteiger partial charge < -0.3 is 5.73 Å². The van der Waals surface area contributed by atoms with Crippen LogP contribution in [-0.2, 0) is 10.0 Å². The van der Waals surface area contributed by atoms with Crippen LogP contribution in [0.15, 0.2) is 29.2 Å². The Morgan fingerprint density at radius 2 is 2.12 bits per heavy atom. The molecule has 4 nitrogen and oxygen atoms in total. The van der Waals surface area contributed by atoms with Gasteiger partial charge in [0, 0.05) is 13.6 Å². The van der Waals surface area contributed by atoms with Crippen LogP contribution in [0.3, 0.4) is 0 Å². The van der Waals surface area contributed by atoms with E-state index in [9.17, 15) is 12.8 Å². The van der Waals surface area contributed by atoms with E-state index in [1.165, 1.54) is 29.6 Å². The lowest BCUT2D eigenvalue weighted by molar-refractivity contribution is 0.463. The summed E-state index contributed by atoms with van der Waals surface area (Å²) in [5.74, 6) is -0.562. The Labute approximate surface area is 94.9 Å². The van der Waals surface area contributed by atoms with Crippen molar-refractivity contribution in [1.82, 2.24) is 4.31 Å². The average Bonchev–Trinajstić information content (AvgIpc) is 2.25. The highest BCUT2D eigenvalue weighted by atomic mass is 32.2. The van der Waals surface area contributed by atoms with Crippen molar-refractivity contribution in [1.29, 1.82) is 0 Å². The molecule has 0 bridgehead atoms. The monoisotopic (exact) mass is 246 g/mol. The Bertz CT molecular complexity index is 448. The van der Waals surface area contributed by atoms with Crippen LogP contribution in [0.5, 0.6) is 0 Å². The maximum Gasteiger partial charge on any atom is 0.242 e. The molecule has 0 radical (unpaired) electrons. The van der Waals surface area contributed by atoms with Crippen LogP contribution < -0.4 is 5.73 Å². The van der Waals surface area contributed by atoms with Gasteiger partial charge in [0.2, 0.25) is 10.0 Å². The number of halogens is 1. The van der Waals surface area contributed by atoms with Crippen LogP contribution in [0.4, 0.5) is 4.39 Å². The third-order valence-corrected chi connectivity index (χ3v) is 4.03. The number of benzene rings is 1. The fraction of sp³-hybridized carbons (Fsp3) is 0.400. The summed E-state index contributed by atoms with van der Waals surface area (Å²) >= 11 is 0. The zero-order valence-electron chi connectivity index (χ0n) is 9.06. The molecule has 0 spiro atoms. The van der Waals surface area contributed by atoms with Crippen molar-refractivity contribution in [3.8, 4) is 0 Å². The molecule has 0 amide bonds. The molecule has 0 aliphatic rings. The van der Waals surface area contributed by atoms with E-state index in [0.717, 1.165) is 6.07 Å². The number of rotatable bonds is 5. The molecule has 0 saturated heterocycles. The third-order valence-electron chi connectivity index (χ3n) is 2.18. The second kappa shape index (κ2) is 5.38. The van der Waals surface area contributed by atoms with Gasteiger partial charge in [0.15, 0.2) is 0 Å². The van der Waals surface area contributed by atoms with E-state index in [0.29, 0.717) is 19.5 Å². The summed E-state index contributed by atoms with van der Waals surface area (Å²) in [4.78, 5) is -0.0352. The first kappa shape index (κ1) is 13.1. The highest BCUT2D eigenvalue weighted by Crippen LogP contribution is 2.15. The molecule has 0 aliphatic heterocycles. The van der Waals surface area contributed by atoms with Crippen LogP contribution in [0, 0.1) is 5.82 Å². The van der Waals surface area contributed by atoms with E-state index in [-0.39, 0.29) is 4.90 Å². The average molecular weight is 246 g/mol. The number of hydrogen-bond donors (Lipinski definition) is 1. The molecular formula is C10H15FN2O2S. The summed E-state index contributed by atoms with van der Waals surface area (Å²) in [6, 6.07) is 4.96. The smallest absolute Gasteiger partial charge is 0.242 e. The van der Waals surface area contributed by atoms with Gasteiger partial charge in [-0.15, -0.1) is 0 Å². The van der Waals surface area contributed by atoms with Crippen LogP contribution in [0.2, 0.25) is 0 Å². The minimum absolute atomic E-state index is 0.0352. The fourth-order valence-electron chi connectivity index (χ4n) is 1.24. The second-order valence-electron chi connectivity index (χ2n) is 3.43. The van der Waals surface area contributed by atoms with Crippen LogP contribution >= 0.6 is 0 Å². The first-order chi connectivity index (χ1) is 7.48. The third kappa shape index (κ3) is 3.01. The minimum atomic E-state index is -3.60. The molecule has 0 atom stereocenters. The molecule has 2 N–H and O–H groups in total. The lowest BCUT2D eigenvalue weighted by Gasteiger charge is -2.16. The highest BCUT2D eigenvalue weighted by molar-refractivity contribution is 7.89. The van der Waals surface area contributed by atoms with Gasteiger partial charge in [0.25, 0.3) is 0 Å². The minimum Gasteiger partial charge on any atom is -0.330 e. The molecule has 0 aliphatic carbocycles. The molecule has 1 aromatic carbocycles. The zero-order valence-corrected chi connectivity index (χ0v) is 9.87. The van der Waals surface area contributed by atoms with Gasteiger partial charge in [0.1, 0.15) is 5.82 Å². The lowest BCUT2D eigenvalue weighted by Crippen LogP contribution is -2.29. The Morgan fingerprint density at radius 3 is 2.69 bits per heavy atom. The van der Waals surface area contributed by atoms with Crippen LogP contribution in [-0.4, -0.2) is 32.9 Å². The van der Waals surface area contributed by atoms with Gasteiger partial charge in [0.05, 0.1) is 4.90 Å². The predicted molar refractivity (Wildman–Crippen MR) is 59.9 cm³/mol. The van der Waals surface area contributed by atoms with Gasteiger partial charge in [-0.05, 0) is 31.2 Å². The van der Waals surface area contributed by atoms with Gasteiger partial charge >= 0.3 is 0 Å². The van der Waals surface area contributed by atoms with Crippen molar-refractivity contribution in [3.05, 3.63) is 30.1 Å². The Balaban J connectivity index is 2.93. The molecule has 16 heavy (non-hydrogen) atoms. The van der Waals surface area contributed by atoms with Crippen LogP contribution in [0.25, 0.3) is 0 Å². The van der Waals surface area contributed by atoms with E-state index in [4.69, 9.17) is 5.73 Å². The van der Waals surface area contributed by atoms with E-state index in [1.54, 1.807) is 0 Å². The molecule has 0 saturated carbocycles. The summed E-state index contributed by atoms with van der Waals surface area (Å²) in [6.45, 7) is 0.748. The highest BCUT2D eigenvalue weighted by Gasteiger charge is 2.20. The molecule has 1 aromatic rings. The number of nitrogens with zero attached hydrogens (tertiary/aromatic N) is 1. The predicted octanol–water partition coefficient (Wildman–Crippen LogP) is 0.795. The summed E-state index contributed by atoms with van der Waals surface area (Å²) in [6.07, 6.45) is 0.574.